The number of anilines is 1. The number of para-hydroxylation sites is 1. The van der Waals surface area contributed by atoms with Crippen LogP contribution < -0.4 is 10.2 Å². The zero-order valence-electron chi connectivity index (χ0n) is 14.7. The lowest BCUT2D eigenvalue weighted by Crippen LogP contribution is -2.44. The molecular weight excluding hydrogens is 290 g/mol. The number of amides is 1. The highest BCUT2D eigenvalue weighted by Crippen LogP contribution is 2.27. The predicted octanol–water partition coefficient (Wildman–Crippen LogP) is 2.04. The minimum absolute atomic E-state index is 0.0180. The molecule has 1 saturated heterocycles. The molecule has 2 atom stereocenters. The Labute approximate surface area is 139 Å². The van der Waals surface area contributed by atoms with Crippen LogP contribution in [0.1, 0.15) is 31.9 Å². The van der Waals surface area contributed by atoms with E-state index in [1.165, 1.54) is 5.69 Å². The number of rotatable bonds is 6. The van der Waals surface area contributed by atoms with Crippen LogP contribution in [-0.4, -0.2) is 57.2 Å². The van der Waals surface area contributed by atoms with Crippen LogP contribution >= 0.6 is 0 Å². The van der Waals surface area contributed by atoms with Crippen LogP contribution in [0.15, 0.2) is 24.3 Å². The highest BCUT2D eigenvalue weighted by Gasteiger charge is 2.23. The lowest BCUT2D eigenvalue weighted by molar-refractivity contribution is -0.126. The van der Waals surface area contributed by atoms with Gasteiger partial charge in [0.25, 0.3) is 0 Å². The molecule has 1 aliphatic heterocycles. The Bertz CT molecular complexity index is 513. The normalized spacial score (nSPS) is 17.9. The van der Waals surface area contributed by atoms with Gasteiger partial charge in [0.1, 0.15) is 0 Å². The van der Waals surface area contributed by atoms with Gasteiger partial charge in [-0.25, -0.2) is 0 Å². The van der Waals surface area contributed by atoms with Crippen LogP contribution in [0.3, 0.4) is 0 Å². The Morgan fingerprint density at radius 3 is 2.57 bits per heavy atom. The number of nitrogens with one attached hydrogen (secondary N) is 1. The van der Waals surface area contributed by atoms with Gasteiger partial charge in [0.15, 0.2) is 0 Å². The predicted molar refractivity (Wildman–Crippen MR) is 93.8 cm³/mol. The Balaban J connectivity index is 2.12. The van der Waals surface area contributed by atoms with Crippen molar-refractivity contribution >= 4 is 11.6 Å². The van der Waals surface area contributed by atoms with E-state index in [9.17, 15) is 4.79 Å². The number of likely N-dealkylation sites (N-methyl/N-ethyl adjacent to an activating group) is 1. The van der Waals surface area contributed by atoms with Crippen molar-refractivity contribution in [1.82, 2.24) is 10.2 Å². The summed E-state index contributed by atoms with van der Waals surface area (Å²) >= 11 is 0. The molecular formula is C18H29N3O2. The van der Waals surface area contributed by atoms with Crippen molar-refractivity contribution in [3.05, 3.63) is 29.8 Å². The first-order valence-electron chi connectivity index (χ1n) is 8.43. The molecule has 5 heteroatoms. The third kappa shape index (κ3) is 4.45. The maximum absolute atomic E-state index is 12.5. The average molecular weight is 319 g/mol. The van der Waals surface area contributed by atoms with E-state index in [0.717, 1.165) is 38.3 Å². The van der Waals surface area contributed by atoms with Crippen molar-refractivity contribution in [2.24, 2.45) is 0 Å². The molecule has 1 N–H and O–H groups in total. The Kier molecular flexibility index (Phi) is 6.42. The number of carbonyl (C=O) groups is 1. The first kappa shape index (κ1) is 17.8. The summed E-state index contributed by atoms with van der Waals surface area (Å²) in [6.45, 7) is 7.40. The maximum Gasteiger partial charge on any atom is 0.237 e. The highest BCUT2D eigenvalue weighted by molar-refractivity contribution is 5.82. The van der Waals surface area contributed by atoms with Crippen LogP contribution in [0.2, 0.25) is 0 Å². The van der Waals surface area contributed by atoms with Crippen LogP contribution in [0.5, 0.6) is 0 Å². The molecule has 1 aromatic rings. The second-order valence-electron chi connectivity index (χ2n) is 6.28. The minimum atomic E-state index is -0.0898. The largest absolute Gasteiger partial charge is 0.378 e. The van der Waals surface area contributed by atoms with E-state index in [4.69, 9.17) is 4.74 Å². The van der Waals surface area contributed by atoms with Crippen molar-refractivity contribution in [2.75, 3.05) is 45.3 Å². The van der Waals surface area contributed by atoms with Crippen molar-refractivity contribution in [3.8, 4) is 0 Å². The second-order valence-corrected chi connectivity index (χ2v) is 6.28. The fraction of sp³-hybridized carbons (Fsp3) is 0.611. The van der Waals surface area contributed by atoms with Crippen molar-refractivity contribution in [2.45, 2.75) is 32.4 Å². The number of hydrogen-bond acceptors (Lipinski definition) is 4. The number of carbonyl (C=O) groups excluding carboxylic acids is 1. The van der Waals surface area contributed by atoms with Gasteiger partial charge in [0.05, 0.1) is 25.3 Å². The fourth-order valence-corrected chi connectivity index (χ4v) is 3.12. The molecule has 128 valence electrons. The molecule has 23 heavy (non-hydrogen) atoms. The number of ether oxygens (including phenoxy) is 1. The molecule has 1 aromatic carbocycles. The second kappa shape index (κ2) is 8.31. The van der Waals surface area contributed by atoms with Crippen LogP contribution in [0.25, 0.3) is 0 Å². The quantitative estimate of drug-likeness (QED) is 0.871. The molecule has 1 amide bonds. The molecule has 2 unspecified atom stereocenters. The molecule has 0 aliphatic carbocycles. The van der Waals surface area contributed by atoms with Gasteiger partial charge in [0.2, 0.25) is 5.91 Å². The first-order valence-corrected chi connectivity index (χ1v) is 8.43. The summed E-state index contributed by atoms with van der Waals surface area (Å²) in [4.78, 5) is 16.8. The molecule has 5 nitrogen and oxygen atoms in total. The molecule has 1 heterocycles. The van der Waals surface area contributed by atoms with E-state index in [-0.39, 0.29) is 18.0 Å². The lowest BCUT2D eigenvalue weighted by Gasteiger charge is -2.32. The Hall–Kier alpha value is -1.59. The van der Waals surface area contributed by atoms with Crippen LogP contribution in [0, 0.1) is 0 Å². The number of morpholine rings is 1. The van der Waals surface area contributed by atoms with Gasteiger partial charge >= 0.3 is 0 Å². The van der Waals surface area contributed by atoms with Gasteiger partial charge in [-0.3, -0.25) is 9.69 Å². The number of hydrogen-bond donors (Lipinski definition) is 1. The van der Waals surface area contributed by atoms with Gasteiger partial charge in [-0.15, -0.1) is 0 Å². The molecule has 1 fully saturated rings. The lowest BCUT2D eigenvalue weighted by atomic mass is 10.0. The molecule has 0 saturated carbocycles. The fourth-order valence-electron chi connectivity index (χ4n) is 3.12. The summed E-state index contributed by atoms with van der Waals surface area (Å²) in [6, 6.07) is 8.21. The zero-order valence-corrected chi connectivity index (χ0v) is 14.7. The zero-order chi connectivity index (χ0) is 16.8. The van der Waals surface area contributed by atoms with E-state index in [0.29, 0.717) is 0 Å². The van der Waals surface area contributed by atoms with Gasteiger partial charge < -0.3 is 15.0 Å². The molecule has 0 aromatic heterocycles. The molecule has 0 radical (unpaired) electrons. The average Bonchev–Trinajstić information content (AvgIpc) is 2.56. The van der Waals surface area contributed by atoms with Gasteiger partial charge in [-0.05, 0) is 39.1 Å². The summed E-state index contributed by atoms with van der Waals surface area (Å²) < 4.78 is 5.44. The summed E-state index contributed by atoms with van der Waals surface area (Å²) in [6.07, 6.45) is 0.802. The standard InChI is InChI=1S/C18H29N3O2/c1-5-16(20(3)4)18(22)19-14(2)15-8-6-7-9-17(15)21-10-12-23-13-11-21/h6-9,14,16H,5,10-13H2,1-4H3,(H,19,22). The summed E-state index contributed by atoms with van der Waals surface area (Å²) in [7, 11) is 3.89. The van der Waals surface area contributed by atoms with Crippen LogP contribution in [0.4, 0.5) is 5.69 Å². The van der Waals surface area contributed by atoms with E-state index < -0.39 is 0 Å². The van der Waals surface area contributed by atoms with Crippen molar-refractivity contribution < 1.29 is 9.53 Å². The third-order valence-electron chi connectivity index (χ3n) is 4.43. The van der Waals surface area contributed by atoms with Crippen molar-refractivity contribution in [3.63, 3.8) is 0 Å². The van der Waals surface area contributed by atoms with Gasteiger partial charge in [0, 0.05) is 18.8 Å². The molecule has 0 bridgehead atoms. The third-order valence-corrected chi connectivity index (χ3v) is 4.43. The Morgan fingerprint density at radius 2 is 1.96 bits per heavy atom. The summed E-state index contributed by atoms with van der Waals surface area (Å²) in [5.41, 5.74) is 2.36. The first-order chi connectivity index (χ1) is 11.0. The molecule has 1 aliphatic rings. The summed E-state index contributed by atoms with van der Waals surface area (Å²) in [5.74, 6) is 0.0850. The van der Waals surface area contributed by atoms with Crippen LogP contribution in [-0.2, 0) is 9.53 Å². The van der Waals surface area contributed by atoms with Gasteiger partial charge in [-0.1, -0.05) is 25.1 Å². The van der Waals surface area contributed by atoms with E-state index in [2.05, 4.69) is 35.3 Å². The van der Waals surface area contributed by atoms with E-state index in [1.807, 2.05) is 32.0 Å². The SMILES string of the molecule is CCC(C(=O)NC(C)c1ccccc1N1CCOCC1)N(C)C. The maximum atomic E-state index is 12.5. The number of nitrogens with zero attached hydrogens (tertiary/aromatic N) is 2. The van der Waals surface area contributed by atoms with E-state index >= 15 is 0 Å². The highest BCUT2D eigenvalue weighted by atomic mass is 16.5. The minimum Gasteiger partial charge on any atom is -0.378 e. The summed E-state index contributed by atoms with van der Waals surface area (Å²) in [5, 5.41) is 3.17. The smallest absolute Gasteiger partial charge is 0.237 e. The monoisotopic (exact) mass is 319 g/mol. The van der Waals surface area contributed by atoms with Gasteiger partial charge in [-0.2, -0.15) is 0 Å². The number of benzene rings is 1. The Morgan fingerprint density at radius 1 is 1.30 bits per heavy atom. The molecule has 2 rings (SSSR count). The van der Waals surface area contributed by atoms with Crippen molar-refractivity contribution in [1.29, 1.82) is 0 Å². The van der Waals surface area contributed by atoms with E-state index in [1.54, 1.807) is 0 Å². The topological polar surface area (TPSA) is 44.8 Å². The molecule has 0 spiro atoms.